The summed E-state index contributed by atoms with van der Waals surface area (Å²) in [6.07, 6.45) is 1.45. The van der Waals surface area contributed by atoms with Crippen LogP contribution in [0, 0.1) is 18.3 Å². The van der Waals surface area contributed by atoms with Gasteiger partial charge >= 0.3 is 6.03 Å². The number of fused-ring (bicyclic) bond motifs is 1. The molecule has 0 radical (unpaired) electrons. The highest BCUT2D eigenvalue weighted by atomic mass is 16.3. The first-order valence-electron chi connectivity index (χ1n) is 12.6. The number of aliphatic hydroxyl groups excluding tert-OH is 1. The number of nitrogens with zero attached hydrogens (tertiary/aromatic N) is 3. The van der Waals surface area contributed by atoms with Gasteiger partial charge in [-0.2, -0.15) is 5.26 Å². The number of pyridine rings is 2. The molecular weight excluding hydrogens is 474 g/mol. The van der Waals surface area contributed by atoms with E-state index in [1.54, 1.807) is 12.3 Å². The van der Waals surface area contributed by atoms with Crippen molar-refractivity contribution in [2.24, 2.45) is 0 Å². The highest BCUT2D eigenvalue weighted by molar-refractivity contribution is 5.94. The lowest BCUT2D eigenvalue weighted by molar-refractivity contribution is 0.0883. The van der Waals surface area contributed by atoms with E-state index in [1.165, 1.54) is 0 Å². The van der Waals surface area contributed by atoms with E-state index < -0.39 is 18.2 Å². The number of aryl methyl sites for hydroxylation is 1. The highest BCUT2D eigenvalue weighted by Gasteiger charge is 2.39. The Labute approximate surface area is 222 Å². The Morgan fingerprint density at radius 1 is 1.03 bits per heavy atom. The predicted molar refractivity (Wildman–Crippen MR) is 147 cm³/mol. The normalized spacial score (nSPS) is 17.7. The fourth-order valence-corrected chi connectivity index (χ4v) is 5.23. The van der Waals surface area contributed by atoms with Crippen molar-refractivity contribution in [3.63, 3.8) is 0 Å². The van der Waals surface area contributed by atoms with E-state index in [2.05, 4.69) is 35.5 Å². The molecule has 0 spiro atoms. The summed E-state index contributed by atoms with van der Waals surface area (Å²) in [5, 5.41) is 26.0. The number of amides is 2. The molecule has 7 nitrogen and oxygen atoms in total. The van der Waals surface area contributed by atoms with Gasteiger partial charge < -0.3 is 15.7 Å². The van der Waals surface area contributed by atoms with Crippen molar-refractivity contribution in [1.29, 1.82) is 5.26 Å². The summed E-state index contributed by atoms with van der Waals surface area (Å²) in [4.78, 5) is 22.4. The van der Waals surface area contributed by atoms with Crippen LogP contribution in [-0.4, -0.2) is 27.2 Å². The van der Waals surface area contributed by atoms with Gasteiger partial charge in [-0.05, 0) is 53.6 Å². The lowest BCUT2D eigenvalue weighted by Crippen LogP contribution is -2.45. The zero-order valence-corrected chi connectivity index (χ0v) is 21.6. The predicted octanol–water partition coefficient (Wildman–Crippen LogP) is 5.90. The summed E-state index contributed by atoms with van der Waals surface area (Å²) in [7, 11) is 0. The molecule has 5 rings (SSSR count). The Bertz CT molecular complexity index is 1520. The van der Waals surface area contributed by atoms with Crippen LogP contribution in [0.15, 0.2) is 79.0 Å². The molecule has 0 aliphatic heterocycles. The van der Waals surface area contributed by atoms with Gasteiger partial charge in [0.1, 0.15) is 11.8 Å². The maximum Gasteiger partial charge on any atom is 0.319 e. The minimum atomic E-state index is -0.717. The van der Waals surface area contributed by atoms with Crippen molar-refractivity contribution >= 4 is 11.7 Å². The van der Waals surface area contributed by atoms with Gasteiger partial charge in [-0.15, -0.1) is 0 Å². The Morgan fingerprint density at radius 3 is 2.47 bits per heavy atom. The van der Waals surface area contributed by atoms with Crippen LogP contribution in [0.4, 0.5) is 10.5 Å². The quantitative estimate of drug-likeness (QED) is 0.321. The number of nitriles is 1. The second-order valence-electron chi connectivity index (χ2n) is 10.3. The standard InChI is InChI=1S/C31H29N5O2/c1-19-15-25(34-30(38)36-29-23-11-7-8-12-24(23)31(2,3)16-26(29)37)28(20-9-5-4-6-10-20)35-27(19)21-13-14-22(17-32)33-18-21/h4-15,18,26,29,37H,16H2,1-3H3,(H2,34,36,38)/t26-,29?/m1/s1. The van der Waals surface area contributed by atoms with Gasteiger partial charge in [0.05, 0.1) is 29.2 Å². The molecule has 190 valence electrons. The van der Waals surface area contributed by atoms with Crippen LogP contribution < -0.4 is 10.6 Å². The summed E-state index contributed by atoms with van der Waals surface area (Å²) in [5.74, 6) is 0. The molecular formula is C31H29N5O2. The van der Waals surface area contributed by atoms with Crippen LogP contribution >= 0.6 is 0 Å². The molecule has 2 amide bonds. The van der Waals surface area contributed by atoms with Crippen molar-refractivity contribution in [3.05, 3.63) is 101 Å². The molecule has 2 heterocycles. The van der Waals surface area contributed by atoms with Crippen LogP contribution in [-0.2, 0) is 5.41 Å². The molecule has 0 bridgehead atoms. The SMILES string of the molecule is Cc1cc(NC(=O)NC2c3ccccc3C(C)(C)C[C@H]2O)c(-c2ccccc2)nc1-c1ccc(C#N)nc1. The van der Waals surface area contributed by atoms with Gasteiger partial charge in [-0.3, -0.25) is 0 Å². The number of carbonyl (C=O) groups is 1. The van der Waals surface area contributed by atoms with Crippen LogP contribution in [0.25, 0.3) is 22.5 Å². The second-order valence-corrected chi connectivity index (χ2v) is 10.3. The van der Waals surface area contributed by atoms with E-state index in [0.29, 0.717) is 29.2 Å². The first-order chi connectivity index (χ1) is 18.3. The molecule has 3 N–H and O–H groups in total. The summed E-state index contributed by atoms with van der Waals surface area (Å²) in [6, 6.07) is 24.0. The molecule has 1 unspecified atom stereocenters. The van der Waals surface area contributed by atoms with Crippen molar-refractivity contribution in [2.45, 2.75) is 44.8 Å². The zero-order valence-electron chi connectivity index (χ0n) is 21.6. The van der Waals surface area contributed by atoms with E-state index in [-0.39, 0.29) is 5.41 Å². The number of carbonyl (C=O) groups excluding carboxylic acids is 1. The van der Waals surface area contributed by atoms with Gasteiger partial charge in [-0.1, -0.05) is 68.4 Å². The summed E-state index contributed by atoms with van der Waals surface area (Å²) in [6.45, 7) is 6.13. The number of benzene rings is 2. The number of nitrogens with one attached hydrogen (secondary N) is 2. The third-order valence-corrected chi connectivity index (χ3v) is 7.08. The van der Waals surface area contributed by atoms with Crippen LogP contribution in [0.2, 0.25) is 0 Å². The highest BCUT2D eigenvalue weighted by Crippen LogP contribution is 2.41. The zero-order chi connectivity index (χ0) is 26.9. The first-order valence-corrected chi connectivity index (χ1v) is 12.6. The van der Waals surface area contributed by atoms with E-state index >= 15 is 0 Å². The number of rotatable bonds is 4. The van der Waals surface area contributed by atoms with Crippen LogP contribution in [0.3, 0.4) is 0 Å². The second kappa shape index (κ2) is 10.1. The van der Waals surface area contributed by atoms with Gasteiger partial charge in [0.15, 0.2) is 0 Å². The average molecular weight is 504 g/mol. The Morgan fingerprint density at radius 2 is 1.76 bits per heavy atom. The van der Waals surface area contributed by atoms with Gasteiger partial charge in [-0.25, -0.2) is 14.8 Å². The lowest BCUT2D eigenvalue weighted by atomic mass is 9.70. The van der Waals surface area contributed by atoms with Crippen LogP contribution in [0.5, 0.6) is 0 Å². The number of hydrogen-bond donors (Lipinski definition) is 3. The molecule has 2 aromatic heterocycles. The van der Waals surface area contributed by atoms with Crippen LogP contribution in [0.1, 0.15) is 48.7 Å². The number of aliphatic hydroxyl groups is 1. The maximum absolute atomic E-state index is 13.3. The Balaban J connectivity index is 1.48. The Hall–Kier alpha value is -4.54. The summed E-state index contributed by atoms with van der Waals surface area (Å²) >= 11 is 0. The maximum atomic E-state index is 13.3. The molecule has 1 aliphatic rings. The van der Waals surface area contributed by atoms with E-state index in [4.69, 9.17) is 10.2 Å². The minimum absolute atomic E-state index is 0.192. The van der Waals surface area contributed by atoms with Crippen molar-refractivity contribution in [2.75, 3.05) is 5.32 Å². The fourth-order valence-electron chi connectivity index (χ4n) is 5.23. The third kappa shape index (κ3) is 4.86. The Kier molecular flexibility index (Phi) is 6.66. The minimum Gasteiger partial charge on any atom is -0.391 e. The first kappa shape index (κ1) is 25.1. The van der Waals surface area contributed by atoms with Gasteiger partial charge in [0, 0.05) is 17.3 Å². The molecule has 0 saturated heterocycles. The third-order valence-electron chi connectivity index (χ3n) is 7.08. The number of hydrogen-bond acceptors (Lipinski definition) is 5. The summed E-state index contributed by atoms with van der Waals surface area (Å²) < 4.78 is 0. The molecule has 0 fully saturated rings. The molecule has 0 saturated carbocycles. The van der Waals surface area contributed by atoms with Crippen molar-refractivity contribution < 1.29 is 9.90 Å². The topological polar surface area (TPSA) is 111 Å². The number of urea groups is 1. The molecule has 1 aliphatic carbocycles. The lowest BCUT2D eigenvalue weighted by Gasteiger charge is -2.40. The number of anilines is 1. The van der Waals surface area contributed by atoms with E-state index in [0.717, 1.165) is 27.8 Å². The van der Waals surface area contributed by atoms with Gasteiger partial charge in [0.25, 0.3) is 0 Å². The van der Waals surface area contributed by atoms with Crippen molar-refractivity contribution in [3.8, 4) is 28.6 Å². The monoisotopic (exact) mass is 503 g/mol. The molecule has 2 atom stereocenters. The molecule has 2 aromatic carbocycles. The summed E-state index contributed by atoms with van der Waals surface area (Å²) in [5.41, 5.74) is 6.52. The molecule has 7 heteroatoms. The molecule has 4 aromatic rings. The smallest absolute Gasteiger partial charge is 0.319 e. The van der Waals surface area contributed by atoms with E-state index in [1.807, 2.05) is 73.7 Å². The van der Waals surface area contributed by atoms with Gasteiger partial charge in [0.2, 0.25) is 0 Å². The molecule has 38 heavy (non-hydrogen) atoms. The number of aromatic nitrogens is 2. The average Bonchev–Trinajstić information content (AvgIpc) is 2.91. The largest absolute Gasteiger partial charge is 0.391 e. The fraction of sp³-hybridized carbons (Fsp3) is 0.226. The van der Waals surface area contributed by atoms with Crippen molar-refractivity contribution in [1.82, 2.24) is 15.3 Å². The van der Waals surface area contributed by atoms with E-state index in [9.17, 15) is 9.90 Å².